The normalized spacial score (nSPS) is 31.5. The highest BCUT2D eigenvalue weighted by atomic mass is 16.6. The molecule has 0 radical (unpaired) electrons. The van der Waals surface area contributed by atoms with Gasteiger partial charge in [-0.3, -0.25) is 4.79 Å². The summed E-state index contributed by atoms with van der Waals surface area (Å²) in [6.45, 7) is 5.83. The van der Waals surface area contributed by atoms with E-state index < -0.39 is 11.5 Å². The van der Waals surface area contributed by atoms with E-state index in [0.29, 0.717) is 6.42 Å². The van der Waals surface area contributed by atoms with Gasteiger partial charge in [0.05, 0.1) is 11.5 Å². The molecule has 0 aliphatic carbocycles. The van der Waals surface area contributed by atoms with Crippen LogP contribution in [0.15, 0.2) is 0 Å². The lowest BCUT2D eigenvalue weighted by atomic mass is 9.76. The second-order valence-corrected chi connectivity index (χ2v) is 5.21. The zero-order valence-corrected chi connectivity index (χ0v) is 10.7. The SMILES string of the molecule is CCCCCC1(CC(C)O)CC(C)OC1=O. The summed E-state index contributed by atoms with van der Waals surface area (Å²) in [4.78, 5) is 11.9. The van der Waals surface area contributed by atoms with Crippen molar-refractivity contribution in [1.82, 2.24) is 0 Å². The third-order valence-corrected chi connectivity index (χ3v) is 3.36. The summed E-state index contributed by atoms with van der Waals surface area (Å²) in [5, 5.41) is 9.53. The van der Waals surface area contributed by atoms with Gasteiger partial charge >= 0.3 is 5.97 Å². The van der Waals surface area contributed by atoms with Gasteiger partial charge in [0.25, 0.3) is 0 Å². The van der Waals surface area contributed by atoms with E-state index in [1.165, 1.54) is 0 Å². The lowest BCUT2D eigenvalue weighted by Crippen LogP contribution is -2.30. The average molecular weight is 228 g/mol. The molecule has 1 aliphatic heterocycles. The van der Waals surface area contributed by atoms with Gasteiger partial charge in [-0.15, -0.1) is 0 Å². The molecule has 3 unspecified atom stereocenters. The van der Waals surface area contributed by atoms with Gasteiger partial charge in [0, 0.05) is 6.42 Å². The van der Waals surface area contributed by atoms with Crippen LogP contribution in [-0.4, -0.2) is 23.3 Å². The van der Waals surface area contributed by atoms with Gasteiger partial charge in [-0.05, 0) is 26.7 Å². The van der Waals surface area contributed by atoms with Crippen LogP contribution < -0.4 is 0 Å². The van der Waals surface area contributed by atoms with E-state index >= 15 is 0 Å². The van der Waals surface area contributed by atoms with Gasteiger partial charge in [-0.25, -0.2) is 0 Å². The first kappa shape index (κ1) is 13.5. The Morgan fingerprint density at radius 3 is 2.69 bits per heavy atom. The van der Waals surface area contributed by atoms with Crippen molar-refractivity contribution in [2.45, 2.75) is 71.5 Å². The van der Waals surface area contributed by atoms with E-state index in [0.717, 1.165) is 32.1 Å². The average Bonchev–Trinajstić information content (AvgIpc) is 2.41. The molecule has 0 bridgehead atoms. The second-order valence-electron chi connectivity index (χ2n) is 5.21. The largest absolute Gasteiger partial charge is 0.462 e. The molecule has 0 aromatic carbocycles. The number of aliphatic hydroxyl groups excluding tert-OH is 1. The van der Waals surface area contributed by atoms with Crippen molar-refractivity contribution in [2.75, 3.05) is 0 Å². The Balaban J connectivity index is 2.64. The summed E-state index contributed by atoms with van der Waals surface area (Å²) in [6, 6.07) is 0. The summed E-state index contributed by atoms with van der Waals surface area (Å²) in [5.74, 6) is -0.1000. The minimum atomic E-state index is -0.431. The molecule has 0 saturated carbocycles. The third kappa shape index (κ3) is 3.21. The maximum atomic E-state index is 11.9. The molecule has 1 heterocycles. The minimum Gasteiger partial charge on any atom is -0.462 e. The molecule has 0 aromatic heterocycles. The van der Waals surface area contributed by atoms with Crippen molar-refractivity contribution in [3.05, 3.63) is 0 Å². The van der Waals surface area contributed by atoms with Crippen molar-refractivity contribution in [1.29, 1.82) is 0 Å². The highest BCUT2D eigenvalue weighted by Gasteiger charge is 2.47. The molecule has 0 amide bonds. The molecule has 0 aromatic rings. The Bertz CT molecular complexity index is 237. The number of hydrogen-bond donors (Lipinski definition) is 1. The fourth-order valence-electron chi connectivity index (χ4n) is 2.73. The van der Waals surface area contributed by atoms with Crippen LogP contribution in [0.3, 0.4) is 0 Å². The summed E-state index contributed by atoms with van der Waals surface area (Å²) in [7, 11) is 0. The Hall–Kier alpha value is -0.570. The second kappa shape index (κ2) is 5.67. The first-order valence-corrected chi connectivity index (χ1v) is 6.39. The number of carbonyl (C=O) groups excluding carboxylic acids is 1. The van der Waals surface area contributed by atoms with Crippen LogP contribution >= 0.6 is 0 Å². The van der Waals surface area contributed by atoms with E-state index in [2.05, 4.69) is 6.92 Å². The molecular weight excluding hydrogens is 204 g/mol. The number of hydrogen-bond acceptors (Lipinski definition) is 3. The van der Waals surface area contributed by atoms with E-state index in [4.69, 9.17) is 4.74 Å². The van der Waals surface area contributed by atoms with Crippen LogP contribution in [0.2, 0.25) is 0 Å². The van der Waals surface area contributed by atoms with Crippen LogP contribution in [0.4, 0.5) is 0 Å². The zero-order valence-electron chi connectivity index (χ0n) is 10.7. The van der Waals surface area contributed by atoms with Crippen molar-refractivity contribution in [2.24, 2.45) is 5.41 Å². The van der Waals surface area contributed by atoms with Gasteiger partial charge in [0.1, 0.15) is 6.10 Å². The van der Waals surface area contributed by atoms with Gasteiger partial charge < -0.3 is 9.84 Å². The standard InChI is InChI=1S/C13H24O3/c1-4-5-6-7-13(8-10(2)14)9-11(3)16-12(13)15/h10-11,14H,4-9H2,1-3H3. The predicted molar refractivity (Wildman–Crippen MR) is 63.0 cm³/mol. The van der Waals surface area contributed by atoms with Gasteiger partial charge in [0.15, 0.2) is 0 Å². The monoisotopic (exact) mass is 228 g/mol. The summed E-state index contributed by atoms with van der Waals surface area (Å²) >= 11 is 0. The van der Waals surface area contributed by atoms with E-state index in [1.807, 2.05) is 6.92 Å². The van der Waals surface area contributed by atoms with Crippen LogP contribution in [0, 0.1) is 5.41 Å². The number of carbonyl (C=O) groups is 1. The van der Waals surface area contributed by atoms with Crippen molar-refractivity contribution >= 4 is 5.97 Å². The zero-order chi connectivity index (χ0) is 12.2. The number of aliphatic hydroxyl groups is 1. The fourth-order valence-corrected chi connectivity index (χ4v) is 2.73. The molecule has 1 fully saturated rings. The number of unbranched alkanes of at least 4 members (excludes halogenated alkanes) is 2. The van der Waals surface area contributed by atoms with Gasteiger partial charge in [0.2, 0.25) is 0 Å². The first-order valence-electron chi connectivity index (χ1n) is 6.39. The lowest BCUT2D eigenvalue weighted by Gasteiger charge is -2.26. The molecule has 3 atom stereocenters. The lowest BCUT2D eigenvalue weighted by molar-refractivity contribution is -0.150. The summed E-state index contributed by atoms with van der Waals surface area (Å²) in [6.07, 6.45) is 5.08. The predicted octanol–water partition coefficient (Wildman–Crippen LogP) is 2.66. The minimum absolute atomic E-state index is 0.00729. The molecule has 0 spiro atoms. The Morgan fingerprint density at radius 1 is 1.56 bits per heavy atom. The Labute approximate surface area is 98.2 Å². The molecule has 1 rings (SSSR count). The van der Waals surface area contributed by atoms with Gasteiger partial charge in [-0.2, -0.15) is 0 Å². The fraction of sp³-hybridized carbons (Fsp3) is 0.923. The molecule has 16 heavy (non-hydrogen) atoms. The van der Waals surface area contributed by atoms with Crippen molar-refractivity contribution in [3.63, 3.8) is 0 Å². The Kier molecular flexibility index (Phi) is 4.78. The number of cyclic esters (lactones) is 1. The van der Waals surface area contributed by atoms with E-state index in [1.54, 1.807) is 6.92 Å². The van der Waals surface area contributed by atoms with Crippen LogP contribution in [-0.2, 0) is 9.53 Å². The maximum absolute atomic E-state index is 11.9. The highest BCUT2D eigenvalue weighted by molar-refractivity contribution is 5.79. The quantitative estimate of drug-likeness (QED) is 0.561. The van der Waals surface area contributed by atoms with Gasteiger partial charge in [-0.1, -0.05) is 26.2 Å². The first-order chi connectivity index (χ1) is 7.50. The summed E-state index contributed by atoms with van der Waals surface area (Å²) in [5.41, 5.74) is -0.414. The Morgan fingerprint density at radius 2 is 2.25 bits per heavy atom. The molecule has 1 saturated heterocycles. The molecule has 3 nitrogen and oxygen atoms in total. The maximum Gasteiger partial charge on any atom is 0.312 e. The number of ether oxygens (including phenoxy) is 1. The van der Waals surface area contributed by atoms with E-state index in [-0.39, 0.29) is 12.1 Å². The number of esters is 1. The topological polar surface area (TPSA) is 46.5 Å². The third-order valence-electron chi connectivity index (χ3n) is 3.36. The van der Waals surface area contributed by atoms with E-state index in [9.17, 15) is 9.90 Å². The van der Waals surface area contributed by atoms with Crippen LogP contribution in [0.1, 0.15) is 59.3 Å². The molecule has 1 N–H and O–H groups in total. The number of rotatable bonds is 6. The highest BCUT2D eigenvalue weighted by Crippen LogP contribution is 2.42. The van der Waals surface area contributed by atoms with Crippen molar-refractivity contribution in [3.8, 4) is 0 Å². The van der Waals surface area contributed by atoms with Crippen LogP contribution in [0.25, 0.3) is 0 Å². The summed E-state index contributed by atoms with van der Waals surface area (Å²) < 4.78 is 5.26. The molecule has 1 aliphatic rings. The smallest absolute Gasteiger partial charge is 0.312 e. The molecule has 3 heteroatoms. The molecular formula is C13H24O3. The van der Waals surface area contributed by atoms with Crippen LogP contribution in [0.5, 0.6) is 0 Å². The molecule has 94 valence electrons. The van der Waals surface area contributed by atoms with Crippen molar-refractivity contribution < 1.29 is 14.6 Å².